The summed E-state index contributed by atoms with van der Waals surface area (Å²) in [6, 6.07) is -1.50. The Balaban J connectivity index is 2.07. The first-order chi connectivity index (χ1) is 9.66. The lowest BCUT2D eigenvalue weighted by molar-refractivity contribution is -0.141. The van der Waals surface area contributed by atoms with E-state index in [1.165, 1.54) is 12.0 Å². The summed E-state index contributed by atoms with van der Waals surface area (Å²) < 4.78 is 28.2. The summed E-state index contributed by atoms with van der Waals surface area (Å²) in [5.41, 5.74) is -0.843. The maximum Gasteiger partial charge on any atom is 0.326 e. The molecule has 2 rings (SSSR count). The van der Waals surface area contributed by atoms with E-state index in [0.717, 1.165) is 0 Å². The molecule has 0 aromatic carbocycles. The largest absolute Gasteiger partial charge is 0.480 e. The van der Waals surface area contributed by atoms with Crippen LogP contribution >= 0.6 is 0 Å². The Labute approximate surface area is 123 Å². The van der Waals surface area contributed by atoms with E-state index >= 15 is 0 Å². The fourth-order valence-electron chi connectivity index (χ4n) is 2.87. The first-order valence-electron chi connectivity index (χ1n) is 6.71. The average molecular weight is 320 g/mol. The maximum atomic E-state index is 12.3. The predicted octanol–water partition coefficient (Wildman–Crippen LogP) is -0.553. The zero-order chi connectivity index (χ0) is 15.8. The second-order valence-electron chi connectivity index (χ2n) is 5.93. The third kappa shape index (κ3) is 3.46. The van der Waals surface area contributed by atoms with E-state index in [0.29, 0.717) is 6.42 Å². The van der Waals surface area contributed by atoms with Crippen LogP contribution in [0.4, 0.5) is 4.79 Å². The van der Waals surface area contributed by atoms with Gasteiger partial charge in [-0.25, -0.2) is 18.0 Å². The average Bonchev–Trinajstić information content (AvgIpc) is 2.90. The van der Waals surface area contributed by atoms with Crippen molar-refractivity contribution in [1.29, 1.82) is 0 Å². The number of sulfone groups is 1. The molecule has 2 N–H and O–H groups in total. The SMILES string of the molecule is COC1CC(C(=O)O)N(C(=O)NC2(C)CCS(=O)(=O)C2)C1. The van der Waals surface area contributed by atoms with E-state index in [9.17, 15) is 23.1 Å². The van der Waals surface area contributed by atoms with Crippen LogP contribution < -0.4 is 5.32 Å². The van der Waals surface area contributed by atoms with Gasteiger partial charge in [-0.2, -0.15) is 0 Å². The highest BCUT2D eigenvalue weighted by Gasteiger charge is 2.44. The van der Waals surface area contributed by atoms with Crippen LogP contribution in [0, 0.1) is 0 Å². The second-order valence-corrected chi connectivity index (χ2v) is 8.12. The zero-order valence-electron chi connectivity index (χ0n) is 12.0. The predicted molar refractivity (Wildman–Crippen MR) is 73.8 cm³/mol. The first kappa shape index (κ1) is 16.0. The molecule has 2 heterocycles. The Morgan fingerprint density at radius 3 is 2.57 bits per heavy atom. The smallest absolute Gasteiger partial charge is 0.326 e. The number of rotatable bonds is 3. The van der Waals surface area contributed by atoms with E-state index < -0.39 is 33.4 Å². The summed E-state index contributed by atoms with van der Waals surface area (Å²) in [5.74, 6) is -1.17. The Morgan fingerprint density at radius 2 is 2.10 bits per heavy atom. The van der Waals surface area contributed by atoms with Gasteiger partial charge in [0.2, 0.25) is 0 Å². The van der Waals surface area contributed by atoms with Gasteiger partial charge >= 0.3 is 12.0 Å². The van der Waals surface area contributed by atoms with Crippen LogP contribution in [0.2, 0.25) is 0 Å². The molecule has 0 aliphatic carbocycles. The topological polar surface area (TPSA) is 113 Å². The number of nitrogens with zero attached hydrogens (tertiary/aromatic N) is 1. The van der Waals surface area contributed by atoms with E-state index in [1.54, 1.807) is 6.92 Å². The molecule has 3 atom stereocenters. The third-order valence-corrected chi connectivity index (χ3v) is 5.96. The quantitative estimate of drug-likeness (QED) is 0.721. The Hall–Kier alpha value is -1.35. The minimum Gasteiger partial charge on any atom is -0.480 e. The summed E-state index contributed by atoms with van der Waals surface area (Å²) in [6.07, 6.45) is 0.242. The van der Waals surface area contributed by atoms with Crippen LogP contribution in [0.15, 0.2) is 0 Å². The summed E-state index contributed by atoms with van der Waals surface area (Å²) in [6.45, 7) is 1.84. The van der Waals surface area contributed by atoms with Crippen LogP contribution in [-0.2, 0) is 19.4 Å². The van der Waals surface area contributed by atoms with Crippen LogP contribution in [0.5, 0.6) is 0 Å². The van der Waals surface area contributed by atoms with Crippen molar-refractivity contribution in [1.82, 2.24) is 10.2 Å². The number of carbonyl (C=O) groups excluding carboxylic acids is 1. The second kappa shape index (κ2) is 5.45. The van der Waals surface area contributed by atoms with Crippen LogP contribution in [0.1, 0.15) is 19.8 Å². The first-order valence-corrected chi connectivity index (χ1v) is 8.53. The summed E-state index contributed by atoms with van der Waals surface area (Å²) in [5, 5.41) is 11.9. The number of methoxy groups -OCH3 is 1. The molecule has 2 saturated heterocycles. The normalized spacial score (nSPS) is 34.9. The molecule has 21 heavy (non-hydrogen) atoms. The van der Waals surface area contributed by atoms with Gasteiger partial charge in [-0.15, -0.1) is 0 Å². The lowest BCUT2D eigenvalue weighted by atomic mass is 10.0. The molecule has 120 valence electrons. The van der Waals surface area contributed by atoms with Gasteiger partial charge in [-0.05, 0) is 13.3 Å². The lowest BCUT2D eigenvalue weighted by Gasteiger charge is -2.29. The number of carboxylic acids is 1. The van der Waals surface area contributed by atoms with Gasteiger partial charge in [0, 0.05) is 20.1 Å². The summed E-state index contributed by atoms with van der Waals surface area (Å²) in [4.78, 5) is 24.7. The number of nitrogens with one attached hydrogen (secondary N) is 1. The summed E-state index contributed by atoms with van der Waals surface area (Å²) in [7, 11) is -1.67. The Morgan fingerprint density at radius 1 is 1.43 bits per heavy atom. The number of carbonyl (C=O) groups is 2. The van der Waals surface area contributed by atoms with Crippen molar-refractivity contribution in [2.75, 3.05) is 25.2 Å². The van der Waals surface area contributed by atoms with Crippen molar-refractivity contribution < 1.29 is 27.9 Å². The highest BCUT2D eigenvalue weighted by molar-refractivity contribution is 7.91. The van der Waals surface area contributed by atoms with Gasteiger partial charge in [-0.3, -0.25) is 0 Å². The van der Waals surface area contributed by atoms with Crippen LogP contribution in [0.25, 0.3) is 0 Å². The van der Waals surface area contributed by atoms with Crippen LogP contribution in [0.3, 0.4) is 0 Å². The number of carboxylic acid groups (broad SMARTS) is 1. The number of ether oxygens (including phenoxy) is 1. The molecule has 2 aliphatic rings. The van der Waals surface area contributed by atoms with E-state index in [-0.39, 0.29) is 30.6 Å². The standard InChI is InChI=1S/C12H20N2O6S/c1-12(3-4-21(18,19)7-12)13-11(17)14-6-8(20-2)5-9(14)10(15)16/h8-9H,3-7H2,1-2H3,(H,13,17)(H,15,16). The molecule has 0 saturated carbocycles. The fourth-order valence-corrected chi connectivity index (χ4v) is 4.96. The highest BCUT2D eigenvalue weighted by Crippen LogP contribution is 2.25. The van der Waals surface area contributed by atoms with Gasteiger partial charge in [0.15, 0.2) is 9.84 Å². The molecule has 0 aromatic rings. The lowest BCUT2D eigenvalue weighted by Crippen LogP contribution is -2.54. The molecular weight excluding hydrogens is 300 g/mol. The Kier molecular flexibility index (Phi) is 4.16. The molecule has 2 fully saturated rings. The van der Waals surface area contributed by atoms with Gasteiger partial charge in [-0.1, -0.05) is 0 Å². The minimum atomic E-state index is -3.14. The molecule has 2 aliphatic heterocycles. The number of likely N-dealkylation sites (tertiary alicyclic amines) is 1. The maximum absolute atomic E-state index is 12.3. The van der Waals surface area contributed by atoms with Crippen molar-refractivity contribution in [2.24, 2.45) is 0 Å². The highest BCUT2D eigenvalue weighted by atomic mass is 32.2. The summed E-state index contributed by atoms with van der Waals surface area (Å²) >= 11 is 0. The van der Waals surface area contributed by atoms with Crippen molar-refractivity contribution in [2.45, 2.75) is 37.5 Å². The van der Waals surface area contributed by atoms with E-state index in [1.807, 2.05) is 0 Å². The van der Waals surface area contributed by atoms with E-state index in [2.05, 4.69) is 5.32 Å². The number of aliphatic carboxylic acids is 1. The zero-order valence-corrected chi connectivity index (χ0v) is 12.9. The van der Waals surface area contributed by atoms with Gasteiger partial charge < -0.3 is 20.1 Å². The van der Waals surface area contributed by atoms with E-state index in [4.69, 9.17) is 4.74 Å². The molecule has 2 amide bonds. The monoisotopic (exact) mass is 320 g/mol. The molecule has 9 heteroatoms. The number of amides is 2. The molecular formula is C12H20N2O6S. The number of hydrogen-bond donors (Lipinski definition) is 2. The third-order valence-electron chi connectivity index (χ3n) is 4.05. The molecule has 8 nitrogen and oxygen atoms in total. The number of urea groups is 1. The van der Waals surface area contributed by atoms with Crippen molar-refractivity contribution >= 4 is 21.8 Å². The van der Waals surface area contributed by atoms with Gasteiger partial charge in [0.05, 0.1) is 23.1 Å². The van der Waals surface area contributed by atoms with Gasteiger partial charge in [0.25, 0.3) is 0 Å². The van der Waals surface area contributed by atoms with Crippen molar-refractivity contribution in [3.8, 4) is 0 Å². The molecule has 0 bridgehead atoms. The van der Waals surface area contributed by atoms with Crippen LogP contribution in [-0.4, -0.2) is 73.3 Å². The molecule has 3 unspecified atom stereocenters. The Bertz CT molecular complexity index is 548. The van der Waals surface area contributed by atoms with Crippen molar-refractivity contribution in [3.63, 3.8) is 0 Å². The molecule has 0 radical (unpaired) electrons. The minimum absolute atomic E-state index is 0.0346. The fraction of sp³-hybridized carbons (Fsp3) is 0.833. The number of hydrogen-bond acceptors (Lipinski definition) is 5. The van der Waals surface area contributed by atoms with Gasteiger partial charge in [0.1, 0.15) is 6.04 Å². The molecule has 0 spiro atoms. The van der Waals surface area contributed by atoms with Crippen molar-refractivity contribution in [3.05, 3.63) is 0 Å². The molecule has 0 aromatic heterocycles.